The number of amides is 3. The van der Waals surface area contributed by atoms with Crippen molar-refractivity contribution in [3.05, 3.63) is 54.1 Å². The predicted octanol–water partition coefficient (Wildman–Crippen LogP) is -1.83. The lowest BCUT2D eigenvalue weighted by Gasteiger charge is -2.21. The third-order valence-electron chi connectivity index (χ3n) is 4.68. The summed E-state index contributed by atoms with van der Waals surface area (Å²) in [5, 5.41) is 24.9. The van der Waals surface area contributed by atoms with E-state index in [4.69, 9.17) is 15.9 Å². The van der Waals surface area contributed by atoms with Gasteiger partial charge in [0, 0.05) is 18.3 Å². The minimum absolute atomic E-state index is 0.0849. The second-order valence-corrected chi connectivity index (χ2v) is 7.41. The number of rotatable bonds is 13. The lowest BCUT2D eigenvalue weighted by atomic mass is 10.1. The molecule has 3 unspecified atom stereocenters. The standard InChI is InChI=1S/C21H26N6O7/c22-14(6-12-4-2-1-3-5-12)19(31)24-10-17(28)26-15(7-13-9-23-11-25-13)20(32)27-16(21(33)34)8-18(29)30/h1-5,9,11,14-16H,6-8,10,22H2,(H,23,25)(H,24,31)(H,26,28)(H,27,32)(H,29,30)(H,33,34). The van der Waals surface area contributed by atoms with Crippen LogP contribution in [0.15, 0.2) is 42.9 Å². The Labute approximate surface area is 194 Å². The van der Waals surface area contributed by atoms with Crippen LogP contribution >= 0.6 is 0 Å². The van der Waals surface area contributed by atoms with Crippen LogP contribution in [-0.2, 0) is 36.8 Å². The Kier molecular flexibility index (Phi) is 9.71. The molecule has 0 saturated carbocycles. The first-order chi connectivity index (χ1) is 16.2. The maximum absolute atomic E-state index is 12.6. The molecule has 2 aromatic rings. The molecule has 0 saturated heterocycles. The van der Waals surface area contributed by atoms with Gasteiger partial charge in [0.05, 0.1) is 25.3 Å². The number of carboxylic acid groups (broad SMARTS) is 2. The fourth-order valence-corrected chi connectivity index (χ4v) is 2.98. The van der Waals surface area contributed by atoms with E-state index in [2.05, 4.69) is 25.9 Å². The smallest absolute Gasteiger partial charge is 0.326 e. The average molecular weight is 474 g/mol. The zero-order valence-electron chi connectivity index (χ0n) is 18.1. The van der Waals surface area contributed by atoms with Crippen LogP contribution in [0.4, 0.5) is 0 Å². The van der Waals surface area contributed by atoms with Gasteiger partial charge in [-0.05, 0) is 12.0 Å². The van der Waals surface area contributed by atoms with Crippen molar-refractivity contribution in [3.63, 3.8) is 0 Å². The summed E-state index contributed by atoms with van der Waals surface area (Å²) in [6.07, 6.45) is 2.09. The number of hydrogen-bond acceptors (Lipinski definition) is 7. The van der Waals surface area contributed by atoms with Gasteiger partial charge in [-0.1, -0.05) is 30.3 Å². The molecule has 0 aliphatic heterocycles. The molecule has 0 spiro atoms. The van der Waals surface area contributed by atoms with E-state index in [0.29, 0.717) is 5.69 Å². The van der Waals surface area contributed by atoms with E-state index < -0.39 is 60.8 Å². The zero-order valence-corrected chi connectivity index (χ0v) is 18.1. The molecule has 0 bridgehead atoms. The number of carbonyl (C=O) groups excluding carboxylic acids is 3. The molecule has 0 aliphatic rings. The molecular weight excluding hydrogens is 448 g/mol. The lowest BCUT2D eigenvalue weighted by Crippen LogP contribution is -2.54. The van der Waals surface area contributed by atoms with Crippen LogP contribution < -0.4 is 21.7 Å². The summed E-state index contributed by atoms with van der Waals surface area (Å²) in [5.74, 6) is -5.17. The molecule has 13 heteroatoms. The van der Waals surface area contributed by atoms with Crippen molar-refractivity contribution in [2.24, 2.45) is 5.73 Å². The van der Waals surface area contributed by atoms with Crippen LogP contribution in [0.1, 0.15) is 17.7 Å². The van der Waals surface area contributed by atoms with E-state index >= 15 is 0 Å². The van der Waals surface area contributed by atoms with E-state index in [0.717, 1.165) is 5.56 Å². The van der Waals surface area contributed by atoms with E-state index in [1.165, 1.54) is 12.5 Å². The Balaban J connectivity index is 1.96. The number of nitrogens with two attached hydrogens (primary N) is 1. The molecule has 182 valence electrons. The minimum atomic E-state index is -1.69. The fraction of sp³-hybridized carbons (Fsp3) is 0.333. The van der Waals surface area contributed by atoms with Gasteiger partial charge in [0.2, 0.25) is 17.7 Å². The van der Waals surface area contributed by atoms with Gasteiger partial charge in [-0.15, -0.1) is 0 Å². The Morgan fingerprint density at radius 1 is 0.971 bits per heavy atom. The molecule has 2 rings (SSSR count). The van der Waals surface area contributed by atoms with Crippen LogP contribution in [0.5, 0.6) is 0 Å². The van der Waals surface area contributed by atoms with Crippen molar-refractivity contribution in [2.75, 3.05) is 6.54 Å². The number of nitrogens with zero attached hydrogens (tertiary/aromatic N) is 1. The predicted molar refractivity (Wildman–Crippen MR) is 117 cm³/mol. The number of imidazole rings is 1. The van der Waals surface area contributed by atoms with Crippen molar-refractivity contribution in [3.8, 4) is 0 Å². The highest BCUT2D eigenvalue weighted by atomic mass is 16.4. The molecule has 0 aliphatic carbocycles. The van der Waals surface area contributed by atoms with Gasteiger partial charge < -0.3 is 36.9 Å². The normalized spacial score (nSPS) is 13.2. The number of carbonyl (C=O) groups is 5. The molecule has 34 heavy (non-hydrogen) atoms. The second-order valence-electron chi connectivity index (χ2n) is 7.41. The lowest BCUT2D eigenvalue weighted by molar-refractivity contribution is -0.147. The number of nitrogens with one attached hydrogen (secondary N) is 4. The number of aliphatic carboxylic acids is 2. The summed E-state index contributed by atoms with van der Waals surface area (Å²) < 4.78 is 0. The Hall–Kier alpha value is -4.26. The fourth-order valence-electron chi connectivity index (χ4n) is 2.98. The number of hydrogen-bond donors (Lipinski definition) is 7. The van der Waals surface area contributed by atoms with Crippen LogP contribution in [0.2, 0.25) is 0 Å². The number of aromatic amines is 1. The average Bonchev–Trinajstić information content (AvgIpc) is 3.30. The summed E-state index contributed by atoms with van der Waals surface area (Å²) in [5.41, 5.74) is 7.18. The maximum atomic E-state index is 12.6. The van der Waals surface area contributed by atoms with E-state index in [1.54, 1.807) is 0 Å². The first-order valence-corrected chi connectivity index (χ1v) is 10.2. The first-order valence-electron chi connectivity index (χ1n) is 10.2. The largest absolute Gasteiger partial charge is 0.481 e. The molecule has 0 fully saturated rings. The molecule has 3 amide bonds. The van der Waals surface area contributed by atoms with Crippen molar-refractivity contribution in [2.45, 2.75) is 37.4 Å². The molecule has 1 heterocycles. The zero-order chi connectivity index (χ0) is 25.1. The van der Waals surface area contributed by atoms with Crippen LogP contribution in [0.3, 0.4) is 0 Å². The van der Waals surface area contributed by atoms with Gasteiger partial charge in [-0.2, -0.15) is 0 Å². The Morgan fingerprint density at radius 2 is 1.68 bits per heavy atom. The SMILES string of the molecule is NC(Cc1ccccc1)C(=O)NCC(=O)NC(Cc1cnc[nH]1)C(=O)NC(CC(=O)O)C(=O)O. The summed E-state index contributed by atoms with van der Waals surface area (Å²) >= 11 is 0. The number of aromatic nitrogens is 2. The minimum Gasteiger partial charge on any atom is -0.481 e. The molecule has 1 aromatic carbocycles. The van der Waals surface area contributed by atoms with Crippen molar-refractivity contribution >= 4 is 29.7 Å². The highest BCUT2D eigenvalue weighted by Gasteiger charge is 2.29. The van der Waals surface area contributed by atoms with E-state index in [1.807, 2.05) is 30.3 Å². The van der Waals surface area contributed by atoms with Gasteiger partial charge in [0.1, 0.15) is 12.1 Å². The highest BCUT2D eigenvalue weighted by molar-refractivity contribution is 5.93. The van der Waals surface area contributed by atoms with Crippen molar-refractivity contribution in [1.82, 2.24) is 25.9 Å². The van der Waals surface area contributed by atoms with Gasteiger partial charge in [-0.3, -0.25) is 19.2 Å². The van der Waals surface area contributed by atoms with Crippen LogP contribution in [0, 0.1) is 0 Å². The third-order valence-corrected chi connectivity index (χ3v) is 4.68. The van der Waals surface area contributed by atoms with Crippen molar-refractivity contribution in [1.29, 1.82) is 0 Å². The molecule has 8 N–H and O–H groups in total. The van der Waals surface area contributed by atoms with Crippen LogP contribution in [-0.4, -0.2) is 74.5 Å². The molecule has 13 nitrogen and oxygen atoms in total. The summed E-state index contributed by atoms with van der Waals surface area (Å²) in [6, 6.07) is 5.22. The summed E-state index contributed by atoms with van der Waals surface area (Å²) in [6.45, 7) is -0.481. The summed E-state index contributed by atoms with van der Waals surface area (Å²) in [7, 11) is 0. The third kappa shape index (κ3) is 8.70. The number of carboxylic acids is 2. The Bertz CT molecular complexity index is 996. The number of benzene rings is 1. The van der Waals surface area contributed by atoms with Gasteiger partial charge in [0.15, 0.2) is 0 Å². The quantitative estimate of drug-likeness (QED) is 0.173. The summed E-state index contributed by atoms with van der Waals surface area (Å²) in [4.78, 5) is 65.9. The molecule has 3 atom stereocenters. The molecular formula is C21H26N6O7. The Morgan fingerprint density at radius 3 is 2.26 bits per heavy atom. The van der Waals surface area contributed by atoms with Crippen LogP contribution in [0.25, 0.3) is 0 Å². The highest BCUT2D eigenvalue weighted by Crippen LogP contribution is 2.03. The van der Waals surface area contributed by atoms with Crippen molar-refractivity contribution < 1.29 is 34.2 Å². The van der Waals surface area contributed by atoms with Gasteiger partial charge in [0.25, 0.3) is 0 Å². The van der Waals surface area contributed by atoms with Gasteiger partial charge in [-0.25, -0.2) is 9.78 Å². The van der Waals surface area contributed by atoms with E-state index in [-0.39, 0.29) is 12.8 Å². The topological polar surface area (TPSA) is 217 Å². The number of H-pyrrole nitrogens is 1. The maximum Gasteiger partial charge on any atom is 0.326 e. The second kappa shape index (κ2) is 12.7. The van der Waals surface area contributed by atoms with Gasteiger partial charge >= 0.3 is 11.9 Å². The first kappa shape index (κ1) is 26.0. The molecule has 1 aromatic heterocycles. The molecule has 0 radical (unpaired) electrons. The van der Waals surface area contributed by atoms with E-state index in [9.17, 15) is 24.0 Å². The monoisotopic (exact) mass is 474 g/mol.